The fourth-order valence-electron chi connectivity index (χ4n) is 3.06. The van der Waals surface area contributed by atoms with Gasteiger partial charge in [-0.15, -0.1) is 0 Å². The van der Waals surface area contributed by atoms with Crippen LogP contribution in [0.1, 0.15) is 44.9 Å². The predicted octanol–water partition coefficient (Wildman–Crippen LogP) is 3.57. The number of carbonyl (C=O) groups excluding carboxylic acids is 1. The molecule has 0 saturated heterocycles. The minimum Gasteiger partial charge on any atom is -0.309 e. The summed E-state index contributed by atoms with van der Waals surface area (Å²) >= 11 is 0. The van der Waals surface area contributed by atoms with Crippen molar-refractivity contribution in [3.05, 3.63) is 36.8 Å². The number of nitrogens with one attached hydrogen (secondary N) is 1. The van der Waals surface area contributed by atoms with Crippen LogP contribution in [0.4, 0.5) is 5.82 Å². The smallest absolute Gasteiger partial charge is 0.225 e. The van der Waals surface area contributed by atoms with Gasteiger partial charge in [0.1, 0.15) is 0 Å². The third-order valence-electron chi connectivity index (χ3n) is 4.23. The minimum atomic E-state index is 0.0758. The van der Waals surface area contributed by atoms with E-state index in [1.54, 1.807) is 17.1 Å². The lowest BCUT2D eigenvalue weighted by Crippen LogP contribution is -2.16. The Kier molecular flexibility index (Phi) is 4.83. The third-order valence-corrected chi connectivity index (χ3v) is 4.23. The fraction of sp³-hybridized carbons (Fsp3) is 0.471. The first-order chi connectivity index (χ1) is 10.8. The lowest BCUT2D eigenvalue weighted by molar-refractivity contribution is -0.117. The Morgan fingerprint density at radius 1 is 1.14 bits per heavy atom. The standard InChI is InChI=1S/C17H22N4O/c22-17(13-14-5-3-1-2-4-6-14)19-16-9-12-21(20-16)15-7-10-18-11-8-15/h7-12,14H,1-6,13H2,(H,19,20,22). The lowest BCUT2D eigenvalue weighted by Gasteiger charge is -2.12. The summed E-state index contributed by atoms with van der Waals surface area (Å²) in [5.74, 6) is 1.21. The van der Waals surface area contributed by atoms with E-state index in [0.717, 1.165) is 5.69 Å². The number of hydrogen-bond acceptors (Lipinski definition) is 3. The SMILES string of the molecule is O=C(CC1CCCCCC1)Nc1ccn(-c2ccncc2)n1. The van der Waals surface area contributed by atoms with Crippen LogP contribution in [0.15, 0.2) is 36.8 Å². The molecule has 2 aromatic rings. The Hall–Kier alpha value is -2.17. The quantitative estimate of drug-likeness (QED) is 0.878. The van der Waals surface area contributed by atoms with E-state index in [9.17, 15) is 4.79 Å². The summed E-state index contributed by atoms with van der Waals surface area (Å²) in [6.45, 7) is 0. The van der Waals surface area contributed by atoms with Crippen LogP contribution in [0.2, 0.25) is 0 Å². The number of amides is 1. The van der Waals surface area contributed by atoms with Gasteiger partial charge in [0.15, 0.2) is 5.82 Å². The van der Waals surface area contributed by atoms with E-state index in [4.69, 9.17) is 0 Å². The summed E-state index contributed by atoms with van der Waals surface area (Å²) in [7, 11) is 0. The molecule has 0 spiro atoms. The maximum absolute atomic E-state index is 12.2. The summed E-state index contributed by atoms with van der Waals surface area (Å²) in [5, 5.41) is 7.30. The lowest BCUT2D eigenvalue weighted by atomic mass is 9.96. The van der Waals surface area contributed by atoms with Gasteiger partial charge in [-0.05, 0) is 30.9 Å². The summed E-state index contributed by atoms with van der Waals surface area (Å²) < 4.78 is 1.74. The fourth-order valence-corrected chi connectivity index (χ4v) is 3.06. The van der Waals surface area contributed by atoms with Gasteiger partial charge in [-0.25, -0.2) is 4.68 Å². The van der Waals surface area contributed by atoms with Gasteiger partial charge in [0, 0.05) is 31.1 Å². The van der Waals surface area contributed by atoms with E-state index in [-0.39, 0.29) is 5.91 Å². The number of rotatable bonds is 4. The van der Waals surface area contributed by atoms with Crippen molar-refractivity contribution in [1.82, 2.24) is 14.8 Å². The molecule has 1 N–H and O–H groups in total. The second-order valence-corrected chi connectivity index (χ2v) is 5.96. The molecule has 22 heavy (non-hydrogen) atoms. The number of aromatic nitrogens is 3. The zero-order valence-electron chi connectivity index (χ0n) is 12.7. The van der Waals surface area contributed by atoms with Gasteiger partial charge >= 0.3 is 0 Å². The van der Waals surface area contributed by atoms with Gasteiger partial charge in [0.05, 0.1) is 5.69 Å². The zero-order valence-corrected chi connectivity index (χ0v) is 12.7. The Balaban J connectivity index is 1.56. The molecule has 1 aliphatic rings. The average Bonchev–Trinajstić information content (AvgIpc) is 2.84. The van der Waals surface area contributed by atoms with Crippen LogP contribution >= 0.6 is 0 Å². The number of hydrogen-bond donors (Lipinski definition) is 1. The first-order valence-corrected chi connectivity index (χ1v) is 8.07. The van der Waals surface area contributed by atoms with E-state index in [2.05, 4.69) is 15.4 Å². The van der Waals surface area contributed by atoms with Crippen LogP contribution in [0, 0.1) is 5.92 Å². The Bertz CT molecular complexity index is 600. The van der Waals surface area contributed by atoms with Crippen molar-refractivity contribution in [3.8, 4) is 5.69 Å². The molecule has 0 atom stereocenters. The zero-order chi connectivity index (χ0) is 15.2. The van der Waals surface area contributed by atoms with Gasteiger partial charge in [0.25, 0.3) is 0 Å². The van der Waals surface area contributed by atoms with Crippen molar-refractivity contribution in [1.29, 1.82) is 0 Å². The molecule has 0 radical (unpaired) electrons. The molecule has 3 rings (SSSR count). The van der Waals surface area contributed by atoms with Crippen LogP contribution in [-0.2, 0) is 4.79 Å². The van der Waals surface area contributed by atoms with Gasteiger partial charge in [-0.1, -0.05) is 25.7 Å². The summed E-state index contributed by atoms with van der Waals surface area (Å²) in [6, 6.07) is 5.58. The summed E-state index contributed by atoms with van der Waals surface area (Å²) in [6.07, 6.45) is 13.4. The number of anilines is 1. The van der Waals surface area contributed by atoms with E-state index in [1.165, 1.54) is 38.5 Å². The average molecular weight is 298 g/mol. The third kappa shape index (κ3) is 3.93. The second-order valence-electron chi connectivity index (χ2n) is 5.96. The number of pyridine rings is 1. The van der Waals surface area contributed by atoms with E-state index >= 15 is 0 Å². The van der Waals surface area contributed by atoms with Crippen LogP contribution in [0.3, 0.4) is 0 Å². The predicted molar refractivity (Wildman–Crippen MR) is 85.8 cm³/mol. The molecular formula is C17H22N4O. The molecule has 116 valence electrons. The van der Waals surface area contributed by atoms with Crippen molar-refractivity contribution in [2.45, 2.75) is 44.9 Å². The molecule has 2 aromatic heterocycles. The molecule has 1 fully saturated rings. The molecule has 1 saturated carbocycles. The maximum Gasteiger partial charge on any atom is 0.225 e. The molecule has 0 aliphatic heterocycles. The van der Waals surface area contributed by atoms with Crippen LogP contribution < -0.4 is 5.32 Å². The van der Waals surface area contributed by atoms with E-state index < -0.39 is 0 Å². The van der Waals surface area contributed by atoms with Gasteiger partial charge in [0.2, 0.25) is 5.91 Å². The Morgan fingerprint density at radius 3 is 2.59 bits per heavy atom. The van der Waals surface area contributed by atoms with Gasteiger partial charge < -0.3 is 5.32 Å². The van der Waals surface area contributed by atoms with Crippen LogP contribution in [0.25, 0.3) is 5.69 Å². The van der Waals surface area contributed by atoms with Gasteiger partial charge in [-0.2, -0.15) is 5.10 Å². The molecular weight excluding hydrogens is 276 g/mol. The van der Waals surface area contributed by atoms with Crippen molar-refractivity contribution < 1.29 is 4.79 Å². The highest BCUT2D eigenvalue weighted by Crippen LogP contribution is 2.25. The number of carbonyl (C=O) groups is 1. The first-order valence-electron chi connectivity index (χ1n) is 8.07. The second kappa shape index (κ2) is 7.20. The molecule has 1 amide bonds. The summed E-state index contributed by atoms with van der Waals surface area (Å²) in [4.78, 5) is 16.2. The minimum absolute atomic E-state index is 0.0758. The maximum atomic E-state index is 12.2. The largest absolute Gasteiger partial charge is 0.309 e. The molecule has 5 nitrogen and oxygen atoms in total. The molecule has 0 aromatic carbocycles. The van der Waals surface area contributed by atoms with Gasteiger partial charge in [-0.3, -0.25) is 9.78 Å². The molecule has 0 bridgehead atoms. The van der Waals surface area contributed by atoms with Crippen molar-refractivity contribution in [3.63, 3.8) is 0 Å². The van der Waals surface area contributed by atoms with Crippen molar-refractivity contribution >= 4 is 11.7 Å². The van der Waals surface area contributed by atoms with Crippen molar-refractivity contribution in [2.75, 3.05) is 5.32 Å². The monoisotopic (exact) mass is 298 g/mol. The summed E-state index contributed by atoms with van der Waals surface area (Å²) in [5.41, 5.74) is 0.930. The highest BCUT2D eigenvalue weighted by atomic mass is 16.1. The normalized spacial score (nSPS) is 16.2. The van der Waals surface area contributed by atoms with Crippen LogP contribution in [-0.4, -0.2) is 20.7 Å². The van der Waals surface area contributed by atoms with Crippen LogP contribution in [0.5, 0.6) is 0 Å². The topological polar surface area (TPSA) is 59.8 Å². The number of nitrogens with zero attached hydrogens (tertiary/aromatic N) is 3. The van der Waals surface area contributed by atoms with Crippen molar-refractivity contribution in [2.24, 2.45) is 5.92 Å². The Morgan fingerprint density at radius 2 is 1.86 bits per heavy atom. The van der Waals surface area contributed by atoms with E-state index in [0.29, 0.717) is 18.2 Å². The van der Waals surface area contributed by atoms with E-state index in [1.807, 2.05) is 24.4 Å². The molecule has 2 heterocycles. The highest BCUT2D eigenvalue weighted by molar-refractivity contribution is 5.89. The molecule has 5 heteroatoms. The Labute approximate surface area is 130 Å². The molecule has 0 unspecified atom stereocenters. The highest BCUT2D eigenvalue weighted by Gasteiger charge is 2.16. The molecule has 1 aliphatic carbocycles. The first kappa shape index (κ1) is 14.8.